The Labute approximate surface area is 166 Å². The lowest BCUT2D eigenvalue weighted by Gasteiger charge is -2.08. The van der Waals surface area contributed by atoms with Gasteiger partial charge in [0, 0.05) is 29.6 Å². The first kappa shape index (κ1) is 19.5. The Hall–Kier alpha value is -3.26. The van der Waals surface area contributed by atoms with Gasteiger partial charge in [-0.2, -0.15) is 0 Å². The van der Waals surface area contributed by atoms with E-state index in [1.54, 1.807) is 11.3 Å². The molecule has 144 valence electrons. The lowest BCUT2D eigenvalue weighted by Crippen LogP contribution is -2.30. The number of aromatic nitrogens is 1. The maximum absolute atomic E-state index is 11.9. The van der Waals surface area contributed by atoms with Crippen LogP contribution in [0.1, 0.15) is 10.6 Å². The van der Waals surface area contributed by atoms with E-state index in [1.165, 1.54) is 24.3 Å². The summed E-state index contributed by atoms with van der Waals surface area (Å²) >= 11 is 1.63. The highest BCUT2D eigenvalue weighted by atomic mass is 32.1. The highest BCUT2D eigenvalue weighted by Gasteiger charge is 2.07. The van der Waals surface area contributed by atoms with E-state index in [-0.39, 0.29) is 18.2 Å². The third kappa shape index (κ3) is 5.37. The predicted octanol–water partition coefficient (Wildman–Crippen LogP) is 3.76. The van der Waals surface area contributed by atoms with Crippen LogP contribution in [0.3, 0.4) is 0 Å². The lowest BCUT2D eigenvalue weighted by molar-refractivity contribution is -0.384. The molecular weight excluding hydrogens is 378 g/mol. The first-order chi connectivity index (χ1) is 13.5. The van der Waals surface area contributed by atoms with Gasteiger partial charge in [-0.1, -0.05) is 24.3 Å². The molecule has 0 unspecified atom stereocenters. The zero-order valence-corrected chi connectivity index (χ0v) is 16.1. The predicted molar refractivity (Wildman–Crippen MR) is 108 cm³/mol. The number of hydrogen-bond acceptors (Lipinski definition) is 6. The number of non-ortho nitro benzene ring substituents is 1. The molecule has 0 aliphatic heterocycles. The second-order valence-electron chi connectivity index (χ2n) is 6.09. The number of nitrogens with one attached hydrogen (secondary N) is 1. The van der Waals surface area contributed by atoms with E-state index in [0.717, 1.165) is 21.8 Å². The Morgan fingerprint density at radius 3 is 2.50 bits per heavy atom. The van der Waals surface area contributed by atoms with Crippen molar-refractivity contribution in [2.24, 2.45) is 0 Å². The van der Waals surface area contributed by atoms with Crippen molar-refractivity contribution in [3.63, 3.8) is 0 Å². The molecule has 1 amide bonds. The van der Waals surface area contributed by atoms with Crippen molar-refractivity contribution < 1.29 is 14.5 Å². The Morgan fingerprint density at radius 1 is 1.18 bits per heavy atom. The van der Waals surface area contributed by atoms with E-state index >= 15 is 0 Å². The van der Waals surface area contributed by atoms with Gasteiger partial charge in [0.25, 0.3) is 11.6 Å². The van der Waals surface area contributed by atoms with Crippen LogP contribution in [0, 0.1) is 17.0 Å². The fourth-order valence-corrected chi connectivity index (χ4v) is 3.17. The van der Waals surface area contributed by atoms with Crippen molar-refractivity contribution in [1.29, 1.82) is 0 Å². The van der Waals surface area contributed by atoms with Crippen molar-refractivity contribution in [2.75, 3.05) is 13.2 Å². The van der Waals surface area contributed by atoms with Gasteiger partial charge in [0.2, 0.25) is 0 Å². The topological polar surface area (TPSA) is 94.4 Å². The number of carbonyl (C=O) groups is 1. The summed E-state index contributed by atoms with van der Waals surface area (Å²) < 4.78 is 5.33. The number of carbonyl (C=O) groups excluding carboxylic acids is 1. The van der Waals surface area contributed by atoms with Crippen molar-refractivity contribution in [2.45, 2.75) is 13.3 Å². The van der Waals surface area contributed by atoms with Gasteiger partial charge in [-0.15, -0.1) is 11.3 Å². The van der Waals surface area contributed by atoms with Crippen LogP contribution in [0.5, 0.6) is 5.75 Å². The molecule has 7 nitrogen and oxygen atoms in total. The van der Waals surface area contributed by atoms with Crippen molar-refractivity contribution in [3.8, 4) is 17.0 Å². The second-order valence-corrected chi connectivity index (χ2v) is 7.15. The van der Waals surface area contributed by atoms with Crippen LogP contribution in [0.4, 0.5) is 5.69 Å². The Kier molecular flexibility index (Phi) is 6.33. The average Bonchev–Trinajstić information content (AvgIpc) is 3.13. The van der Waals surface area contributed by atoms with Gasteiger partial charge in [0.15, 0.2) is 6.61 Å². The second kappa shape index (κ2) is 9.09. The van der Waals surface area contributed by atoms with E-state index in [0.29, 0.717) is 18.7 Å². The van der Waals surface area contributed by atoms with Gasteiger partial charge >= 0.3 is 0 Å². The summed E-state index contributed by atoms with van der Waals surface area (Å²) in [6, 6.07) is 13.7. The van der Waals surface area contributed by atoms with Gasteiger partial charge in [-0.05, 0) is 31.0 Å². The van der Waals surface area contributed by atoms with Gasteiger partial charge in [0.05, 0.1) is 15.6 Å². The molecule has 0 aliphatic rings. The highest BCUT2D eigenvalue weighted by Crippen LogP contribution is 2.22. The maximum atomic E-state index is 11.9. The van der Waals surface area contributed by atoms with Crippen molar-refractivity contribution in [1.82, 2.24) is 10.3 Å². The Morgan fingerprint density at radius 2 is 1.89 bits per heavy atom. The fourth-order valence-electron chi connectivity index (χ4n) is 2.55. The molecule has 1 heterocycles. The molecule has 0 saturated carbocycles. The van der Waals surface area contributed by atoms with Gasteiger partial charge in [0.1, 0.15) is 5.75 Å². The van der Waals surface area contributed by atoms with E-state index in [1.807, 2.05) is 36.6 Å². The monoisotopic (exact) mass is 397 g/mol. The van der Waals surface area contributed by atoms with Crippen LogP contribution in [0.15, 0.2) is 53.9 Å². The molecule has 3 aromatic rings. The van der Waals surface area contributed by atoms with Gasteiger partial charge in [-0.3, -0.25) is 14.9 Å². The molecule has 2 aromatic carbocycles. The summed E-state index contributed by atoms with van der Waals surface area (Å²) in [4.78, 5) is 26.5. The summed E-state index contributed by atoms with van der Waals surface area (Å²) in [5.41, 5.74) is 3.15. The summed E-state index contributed by atoms with van der Waals surface area (Å²) in [6.07, 6.45) is 0.708. The molecule has 0 aliphatic carbocycles. The minimum atomic E-state index is -0.485. The van der Waals surface area contributed by atoms with Gasteiger partial charge < -0.3 is 10.1 Å². The van der Waals surface area contributed by atoms with Crippen molar-refractivity contribution >= 4 is 22.9 Å². The number of nitrogens with zero attached hydrogens (tertiary/aromatic N) is 2. The number of rotatable bonds is 8. The van der Waals surface area contributed by atoms with Crippen molar-refractivity contribution in [3.05, 3.63) is 74.6 Å². The number of nitro groups is 1. The quantitative estimate of drug-likeness (QED) is 0.461. The van der Waals surface area contributed by atoms with Gasteiger partial charge in [-0.25, -0.2) is 4.98 Å². The van der Waals surface area contributed by atoms with Crippen LogP contribution in [-0.4, -0.2) is 29.0 Å². The summed E-state index contributed by atoms with van der Waals surface area (Å²) in [5.74, 6) is 0.168. The van der Waals surface area contributed by atoms with Crippen LogP contribution >= 0.6 is 11.3 Å². The highest BCUT2D eigenvalue weighted by molar-refractivity contribution is 7.09. The number of amides is 1. The zero-order chi connectivity index (χ0) is 19.9. The Bertz CT molecular complexity index is 952. The number of ether oxygens (including phenoxy) is 1. The standard InChI is InChI=1S/C20H19N3O4S/c1-14-22-19(13-28-14)16-4-2-15(3-5-16)10-11-21-20(24)12-27-18-8-6-17(7-9-18)23(25)26/h2-9,13H,10-12H2,1H3,(H,21,24). The molecule has 0 atom stereocenters. The van der Waals surface area contributed by atoms with E-state index in [4.69, 9.17) is 4.74 Å². The van der Waals surface area contributed by atoms with Crippen LogP contribution < -0.4 is 10.1 Å². The number of nitro benzene ring substituents is 1. The summed E-state index contributed by atoms with van der Waals surface area (Å²) in [5, 5.41) is 16.5. The maximum Gasteiger partial charge on any atom is 0.269 e. The third-order valence-electron chi connectivity index (χ3n) is 4.02. The molecule has 0 saturated heterocycles. The zero-order valence-electron chi connectivity index (χ0n) is 15.3. The Balaban J connectivity index is 1.40. The van der Waals surface area contributed by atoms with Crippen LogP contribution in [-0.2, 0) is 11.2 Å². The molecule has 28 heavy (non-hydrogen) atoms. The molecular formula is C20H19N3O4S. The summed E-state index contributed by atoms with van der Waals surface area (Å²) in [7, 11) is 0. The van der Waals surface area contributed by atoms with E-state index in [9.17, 15) is 14.9 Å². The molecule has 1 N–H and O–H groups in total. The first-order valence-corrected chi connectivity index (χ1v) is 9.54. The number of hydrogen-bond donors (Lipinski definition) is 1. The lowest BCUT2D eigenvalue weighted by atomic mass is 10.1. The fraction of sp³-hybridized carbons (Fsp3) is 0.200. The largest absolute Gasteiger partial charge is 0.484 e. The molecule has 0 bridgehead atoms. The first-order valence-electron chi connectivity index (χ1n) is 8.66. The molecule has 0 radical (unpaired) electrons. The minimum Gasteiger partial charge on any atom is -0.484 e. The number of aryl methyl sites for hydroxylation is 1. The third-order valence-corrected chi connectivity index (χ3v) is 4.80. The van der Waals surface area contributed by atoms with Crippen LogP contribution in [0.2, 0.25) is 0 Å². The van der Waals surface area contributed by atoms with E-state index < -0.39 is 4.92 Å². The minimum absolute atomic E-state index is 0.0206. The number of benzene rings is 2. The van der Waals surface area contributed by atoms with Crippen LogP contribution in [0.25, 0.3) is 11.3 Å². The number of thiazole rings is 1. The molecule has 0 spiro atoms. The molecule has 8 heteroatoms. The summed E-state index contributed by atoms with van der Waals surface area (Å²) in [6.45, 7) is 2.34. The van der Waals surface area contributed by atoms with E-state index in [2.05, 4.69) is 10.3 Å². The normalized spacial score (nSPS) is 10.5. The molecule has 1 aromatic heterocycles. The molecule has 0 fully saturated rings. The molecule has 3 rings (SSSR count). The average molecular weight is 397 g/mol. The smallest absolute Gasteiger partial charge is 0.269 e. The SMILES string of the molecule is Cc1nc(-c2ccc(CCNC(=O)COc3ccc([N+](=O)[O-])cc3)cc2)cs1.